The first kappa shape index (κ1) is 28.2. The molecule has 2 amide bonds. The third-order valence-corrected chi connectivity index (χ3v) is 7.47. The first-order valence-electron chi connectivity index (χ1n) is 13.9. The molecule has 1 aromatic heterocycles. The third-order valence-electron chi connectivity index (χ3n) is 7.47. The van der Waals surface area contributed by atoms with Gasteiger partial charge in [0.15, 0.2) is 5.82 Å². The summed E-state index contributed by atoms with van der Waals surface area (Å²) in [6.07, 6.45) is 10.4. The van der Waals surface area contributed by atoms with Crippen LogP contribution in [0.2, 0.25) is 0 Å². The predicted molar refractivity (Wildman–Crippen MR) is 155 cm³/mol. The number of anilines is 4. The van der Waals surface area contributed by atoms with Crippen molar-refractivity contribution in [3.05, 3.63) is 42.2 Å². The van der Waals surface area contributed by atoms with Crippen molar-refractivity contribution in [2.75, 3.05) is 48.9 Å². The van der Waals surface area contributed by atoms with Crippen LogP contribution in [0.5, 0.6) is 5.75 Å². The number of hydrogen-bond donors (Lipinski definition) is 2. The lowest BCUT2D eigenvalue weighted by Gasteiger charge is -2.46. The van der Waals surface area contributed by atoms with Crippen LogP contribution >= 0.6 is 0 Å². The molecule has 10 heteroatoms. The maximum absolute atomic E-state index is 13.3. The molecule has 210 valence electrons. The molecular formula is C29H41N7O3. The highest BCUT2D eigenvalue weighted by Crippen LogP contribution is 2.39. The van der Waals surface area contributed by atoms with Gasteiger partial charge >= 0.3 is 0 Å². The van der Waals surface area contributed by atoms with Gasteiger partial charge in [-0.3, -0.25) is 9.59 Å². The molecule has 0 aliphatic carbocycles. The number of piperidine rings is 1. The number of aromatic nitrogens is 2. The van der Waals surface area contributed by atoms with E-state index in [-0.39, 0.29) is 23.9 Å². The van der Waals surface area contributed by atoms with Crippen molar-refractivity contribution in [2.45, 2.75) is 65.0 Å². The van der Waals surface area contributed by atoms with Crippen molar-refractivity contribution in [3.63, 3.8) is 0 Å². The number of methoxy groups -OCH3 is 1. The SMILES string of the molecule is CC=CN1CCC(N2c3nc(Nc4ccc(C(=O)NCCCC)cc4OC)ncc3N(C)C(=O)[C@H]2CC)CC1. The molecule has 1 saturated heterocycles. The first-order chi connectivity index (χ1) is 18.9. The molecule has 3 heterocycles. The van der Waals surface area contributed by atoms with Crippen LogP contribution in [0, 0.1) is 0 Å². The van der Waals surface area contributed by atoms with E-state index in [2.05, 4.69) is 51.5 Å². The normalized spacial score (nSPS) is 17.9. The summed E-state index contributed by atoms with van der Waals surface area (Å²) < 4.78 is 5.59. The van der Waals surface area contributed by atoms with E-state index in [1.54, 1.807) is 43.5 Å². The molecule has 10 nitrogen and oxygen atoms in total. The monoisotopic (exact) mass is 535 g/mol. The summed E-state index contributed by atoms with van der Waals surface area (Å²) in [6.45, 7) is 8.68. The van der Waals surface area contributed by atoms with Crippen LogP contribution < -0.4 is 25.2 Å². The van der Waals surface area contributed by atoms with Gasteiger partial charge < -0.3 is 30.1 Å². The zero-order chi connectivity index (χ0) is 27.9. The lowest BCUT2D eigenvalue weighted by molar-refractivity contribution is -0.120. The number of amides is 2. The molecule has 2 aromatic rings. The van der Waals surface area contributed by atoms with Crippen molar-refractivity contribution in [3.8, 4) is 5.75 Å². The fourth-order valence-electron chi connectivity index (χ4n) is 5.32. The van der Waals surface area contributed by atoms with Gasteiger partial charge in [-0.25, -0.2) is 4.98 Å². The van der Waals surface area contributed by atoms with Gasteiger partial charge in [-0.15, -0.1) is 0 Å². The fraction of sp³-hybridized carbons (Fsp3) is 0.517. The number of likely N-dealkylation sites (tertiary alicyclic amines) is 1. The number of likely N-dealkylation sites (N-methyl/N-ethyl adjacent to an activating group) is 1. The van der Waals surface area contributed by atoms with Crippen molar-refractivity contribution >= 4 is 35.0 Å². The lowest BCUT2D eigenvalue weighted by atomic mass is 9.97. The largest absolute Gasteiger partial charge is 0.495 e. The van der Waals surface area contributed by atoms with E-state index in [1.165, 1.54) is 0 Å². The van der Waals surface area contributed by atoms with E-state index in [1.807, 2.05) is 6.92 Å². The number of hydrogen-bond acceptors (Lipinski definition) is 8. The minimum absolute atomic E-state index is 0.0691. The molecule has 0 saturated carbocycles. The summed E-state index contributed by atoms with van der Waals surface area (Å²) in [7, 11) is 3.36. The second-order valence-electron chi connectivity index (χ2n) is 10.0. The highest BCUT2D eigenvalue weighted by molar-refractivity contribution is 6.04. The van der Waals surface area contributed by atoms with E-state index in [4.69, 9.17) is 9.72 Å². The number of carbonyl (C=O) groups excluding carboxylic acids is 2. The third kappa shape index (κ3) is 6.10. The fourth-order valence-corrected chi connectivity index (χ4v) is 5.32. The zero-order valence-electron chi connectivity index (χ0n) is 23.7. The molecular weight excluding hydrogens is 494 g/mol. The highest BCUT2D eigenvalue weighted by atomic mass is 16.5. The van der Waals surface area contributed by atoms with Gasteiger partial charge in [0.25, 0.3) is 5.91 Å². The van der Waals surface area contributed by atoms with Crippen LogP contribution in [0.3, 0.4) is 0 Å². The Kier molecular flexibility index (Phi) is 9.27. The maximum atomic E-state index is 13.3. The number of nitrogens with zero attached hydrogens (tertiary/aromatic N) is 5. The smallest absolute Gasteiger partial charge is 0.251 e. The Hall–Kier alpha value is -3.82. The Morgan fingerprint density at radius 3 is 2.67 bits per heavy atom. The van der Waals surface area contributed by atoms with Gasteiger partial charge in [-0.1, -0.05) is 26.3 Å². The Bertz CT molecular complexity index is 1190. The summed E-state index contributed by atoms with van der Waals surface area (Å²) in [5, 5.41) is 6.21. The lowest BCUT2D eigenvalue weighted by Crippen LogP contribution is -2.58. The standard InChI is InChI=1S/C29H41N7O3/c1-6-9-14-30-27(37)20-10-11-22(25(18-20)39-5)32-29-31-19-24-26(33-29)36(23(8-3)28(38)34(24)4)21-12-16-35(15-7-2)17-13-21/h7,10-11,15,18-19,21,23H,6,8-9,12-14,16-17H2,1-5H3,(H,30,37)(H,31,32,33)/t23-/m1/s1. The zero-order valence-corrected chi connectivity index (χ0v) is 23.7. The number of carbonyl (C=O) groups is 2. The van der Waals surface area contributed by atoms with Gasteiger partial charge in [0, 0.05) is 38.3 Å². The number of nitrogens with one attached hydrogen (secondary N) is 2. The molecule has 0 radical (unpaired) electrons. The van der Waals surface area contributed by atoms with Crippen LogP contribution in [-0.4, -0.2) is 72.6 Å². The van der Waals surface area contributed by atoms with Gasteiger partial charge in [0.2, 0.25) is 11.9 Å². The molecule has 0 spiro atoms. The number of benzene rings is 1. The average molecular weight is 536 g/mol. The minimum Gasteiger partial charge on any atom is -0.495 e. The maximum Gasteiger partial charge on any atom is 0.251 e. The van der Waals surface area contributed by atoms with E-state index in [0.717, 1.165) is 44.6 Å². The Morgan fingerprint density at radius 1 is 1.23 bits per heavy atom. The van der Waals surface area contributed by atoms with E-state index in [9.17, 15) is 9.59 Å². The summed E-state index contributed by atoms with van der Waals surface area (Å²) >= 11 is 0. The Labute approximate surface area is 231 Å². The van der Waals surface area contributed by atoms with E-state index in [0.29, 0.717) is 41.6 Å². The number of allylic oxidation sites excluding steroid dienone is 1. The Morgan fingerprint density at radius 2 is 2.00 bits per heavy atom. The molecule has 4 rings (SSSR count). The van der Waals surface area contributed by atoms with E-state index < -0.39 is 0 Å². The number of fused-ring (bicyclic) bond motifs is 1. The molecule has 2 N–H and O–H groups in total. The second-order valence-corrected chi connectivity index (χ2v) is 10.0. The quantitative estimate of drug-likeness (QED) is 0.434. The second kappa shape index (κ2) is 12.8. The molecule has 2 aliphatic heterocycles. The average Bonchev–Trinajstić information content (AvgIpc) is 2.95. The topological polar surface area (TPSA) is 103 Å². The van der Waals surface area contributed by atoms with Crippen molar-refractivity contribution < 1.29 is 14.3 Å². The molecule has 1 fully saturated rings. The van der Waals surface area contributed by atoms with Gasteiger partial charge in [-0.05, 0) is 57.0 Å². The van der Waals surface area contributed by atoms with Crippen LogP contribution in [0.4, 0.5) is 23.1 Å². The molecule has 0 bridgehead atoms. The molecule has 2 aliphatic rings. The molecule has 0 unspecified atom stereocenters. The van der Waals surface area contributed by atoms with Crippen molar-refractivity contribution in [2.24, 2.45) is 0 Å². The van der Waals surface area contributed by atoms with Gasteiger partial charge in [-0.2, -0.15) is 4.98 Å². The van der Waals surface area contributed by atoms with Crippen LogP contribution in [-0.2, 0) is 4.79 Å². The Balaban J connectivity index is 1.61. The van der Waals surface area contributed by atoms with Crippen LogP contribution in [0.1, 0.15) is 63.2 Å². The minimum atomic E-state index is -0.274. The number of unbranched alkanes of at least 4 members (excludes halogenated alkanes) is 1. The summed E-state index contributed by atoms with van der Waals surface area (Å²) in [4.78, 5) is 41.5. The summed E-state index contributed by atoms with van der Waals surface area (Å²) in [5.74, 6) is 1.62. The van der Waals surface area contributed by atoms with Gasteiger partial charge in [0.05, 0.1) is 19.0 Å². The molecule has 39 heavy (non-hydrogen) atoms. The molecule has 1 atom stereocenters. The van der Waals surface area contributed by atoms with Crippen molar-refractivity contribution in [1.82, 2.24) is 20.2 Å². The molecule has 1 aromatic carbocycles. The first-order valence-corrected chi connectivity index (χ1v) is 13.9. The summed E-state index contributed by atoms with van der Waals surface area (Å²) in [5.41, 5.74) is 1.89. The highest BCUT2D eigenvalue weighted by Gasteiger charge is 2.41. The van der Waals surface area contributed by atoms with Gasteiger partial charge in [0.1, 0.15) is 17.5 Å². The predicted octanol–water partition coefficient (Wildman–Crippen LogP) is 4.32. The van der Waals surface area contributed by atoms with Crippen LogP contribution in [0.25, 0.3) is 0 Å². The van der Waals surface area contributed by atoms with E-state index >= 15 is 0 Å². The number of rotatable bonds is 10. The van der Waals surface area contributed by atoms with Crippen LogP contribution in [0.15, 0.2) is 36.7 Å². The van der Waals surface area contributed by atoms with Crippen molar-refractivity contribution in [1.29, 1.82) is 0 Å². The number of ether oxygens (including phenoxy) is 1. The summed E-state index contributed by atoms with van der Waals surface area (Å²) in [6, 6.07) is 5.20.